The fourth-order valence-corrected chi connectivity index (χ4v) is 2.52. The zero-order chi connectivity index (χ0) is 17.8. The second-order valence-corrected chi connectivity index (χ2v) is 6.25. The highest BCUT2D eigenvalue weighted by molar-refractivity contribution is 6.30. The number of anilines is 5. The highest BCUT2D eigenvalue weighted by Crippen LogP contribution is 2.23. The van der Waals surface area contributed by atoms with Gasteiger partial charge in [0.25, 0.3) is 0 Å². The molecular weight excluding hydrogens is 336 g/mol. The van der Waals surface area contributed by atoms with Crippen LogP contribution in [0.1, 0.15) is 5.56 Å². The number of rotatable bonds is 5. The molecule has 3 aromatic rings. The van der Waals surface area contributed by atoms with Gasteiger partial charge in [-0.1, -0.05) is 11.6 Å². The van der Waals surface area contributed by atoms with E-state index in [9.17, 15) is 0 Å². The van der Waals surface area contributed by atoms with Gasteiger partial charge in [0.1, 0.15) is 0 Å². The smallest absolute Gasteiger partial charge is 0.249 e. The Bertz CT molecular complexity index is 864. The SMILES string of the molecule is Cc1cc(Cl)ccc1Nc1nncc(Nc2ccc(N(C)C)cc2)n1. The molecule has 1 heterocycles. The van der Waals surface area contributed by atoms with Crippen molar-refractivity contribution in [1.82, 2.24) is 15.2 Å². The Kier molecular flexibility index (Phi) is 5.00. The Labute approximate surface area is 151 Å². The predicted molar refractivity (Wildman–Crippen MR) is 103 cm³/mol. The Morgan fingerprint density at radius 3 is 2.44 bits per heavy atom. The van der Waals surface area contributed by atoms with E-state index in [1.54, 1.807) is 6.20 Å². The second-order valence-electron chi connectivity index (χ2n) is 5.82. The highest BCUT2D eigenvalue weighted by Gasteiger charge is 2.05. The van der Waals surface area contributed by atoms with E-state index in [2.05, 4.69) is 25.8 Å². The maximum Gasteiger partial charge on any atom is 0.249 e. The van der Waals surface area contributed by atoms with Gasteiger partial charge in [-0.2, -0.15) is 10.1 Å². The molecule has 0 unspecified atom stereocenters. The maximum atomic E-state index is 5.98. The molecule has 0 aliphatic heterocycles. The van der Waals surface area contributed by atoms with Gasteiger partial charge in [0.2, 0.25) is 5.95 Å². The lowest BCUT2D eigenvalue weighted by Crippen LogP contribution is -2.08. The monoisotopic (exact) mass is 354 g/mol. The van der Waals surface area contributed by atoms with Gasteiger partial charge < -0.3 is 15.5 Å². The molecule has 3 rings (SSSR count). The van der Waals surface area contributed by atoms with Crippen molar-refractivity contribution >= 4 is 40.4 Å². The molecule has 128 valence electrons. The van der Waals surface area contributed by atoms with E-state index in [4.69, 9.17) is 11.6 Å². The van der Waals surface area contributed by atoms with Crippen LogP contribution in [0.4, 0.5) is 28.8 Å². The number of benzene rings is 2. The molecule has 0 radical (unpaired) electrons. The highest BCUT2D eigenvalue weighted by atomic mass is 35.5. The van der Waals surface area contributed by atoms with Gasteiger partial charge in [0.15, 0.2) is 5.82 Å². The summed E-state index contributed by atoms with van der Waals surface area (Å²) < 4.78 is 0. The van der Waals surface area contributed by atoms with Crippen LogP contribution in [0.2, 0.25) is 5.02 Å². The van der Waals surface area contributed by atoms with Crippen LogP contribution in [0.3, 0.4) is 0 Å². The summed E-state index contributed by atoms with van der Waals surface area (Å²) in [5.74, 6) is 1.03. The van der Waals surface area contributed by atoms with Gasteiger partial charge in [-0.3, -0.25) is 0 Å². The first-order chi connectivity index (χ1) is 12.0. The third kappa shape index (κ3) is 4.36. The van der Waals surface area contributed by atoms with Crippen molar-refractivity contribution in [3.8, 4) is 0 Å². The molecule has 0 amide bonds. The molecule has 0 fully saturated rings. The van der Waals surface area contributed by atoms with Crippen LogP contribution in [0.15, 0.2) is 48.7 Å². The molecule has 7 heteroatoms. The molecule has 0 atom stereocenters. The summed E-state index contributed by atoms with van der Waals surface area (Å²) in [5.41, 5.74) is 3.96. The summed E-state index contributed by atoms with van der Waals surface area (Å²) in [6, 6.07) is 13.6. The first kappa shape index (κ1) is 17.0. The number of nitrogens with one attached hydrogen (secondary N) is 2. The molecule has 0 saturated carbocycles. The van der Waals surface area contributed by atoms with E-state index in [0.29, 0.717) is 16.8 Å². The van der Waals surface area contributed by atoms with Gasteiger partial charge in [0, 0.05) is 36.2 Å². The Balaban J connectivity index is 1.75. The molecule has 2 N–H and O–H groups in total. The summed E-state index contributed by atoms with van der Waals surface area (Å²) in [4.78, 5) is 6.49. The van der Waals surface area contributed by atoms with Gasteiger partial charge in [0.05, 0.1) is 6.20 Å². The van der Waals surface area contributed by atoms with E-state index in [-0.39, 0.29) is 0 Å². The van der Waals surface area contributed by atoms with Crippen molar-refractivity contribution in [3.63, 3.8) is 0 Å². The molecule has 6 nitrogen and oxygen atoms in total. The van der Waals surface area contributed by atoms with Crippen LogP contribution in [0.5, 0.6) is 0 Å². The molecule has 25 heavy (non-hydrogen) atoms. The van der Waals surface area contributed by atoms with E-state index in [1.807, 2.05) is 68.4 Å². The van der Waals surface area contributed by atoms with Crippen LogP contribution in [-0.2, 0) is 0 Å². The first-order valence-electron chi connectivity index (χ1n) is 7.78. The third-order valence-electron chi connectivity index (χ3n) is 3.65. The number of hydrogen-bond donors (Lipinski definition) is 2. The molecule has 2 aromatic carbocycles. The summed E-state index contributed by atoms with van der Waals surface area (Å²) in [6.07, 6.45) is 1.58. The van der Waals surface area contributed by atoms with Crippen LogP contribution >= 0.6 is 11.6 Å². The minimum atomic E-state index is 0.417. The van der Waals surface area contributed by atoms with E-state index in [1.165, 1.54) is 0 Å². The maximum absolute atomic E-state index is 5.98. The standard InChI is InChI=1S/C18H19ClN6/c1-12-10-13(19)4-9-16(12)22-18-23-17(11-20-24-18)21-14-5-7-15(8-6-14)25(2)3/h4-11H,1-3H3,(H2,21,22,23,24). The van der Waals surface area contributed by atoms with Crippen LogP contribution in [0.25, 0.3) is 0 Å². The minimum absolute atomic E-state index is 0.417. The molecule has 0 bridgehead atoms. The van der Waals surface area contributed by atoms with Crippen molar-refractivity contribution in [2.24, 2.45) is 0 Å². The second kappa shape index (κ2) is 7.36. The normalized spacial score (nSPS) is 10.4. The Hall–Kier alpha value is -2.86. The molecule has 0 saturated heterocycles. The average Bonchev–Trinajstić information content (AvgIpc) is 2.58. The molecular formula is C18H19ClN6. The minimum Gasteiger partial charge on any atom is -0.378 e. The summed E-state index contributed by atoms with van der Waals surface area (Å²) >= 11 is 5.98. The Morgan fingerprint density at radius 2 is 1.76 bits per heavy atom. The number of hydrogen-bond acceptors (Lipinski definition) is 6. The predicted octanol–water partition coefficient (Wildman–Crippen LogP) is 4.39. The average molecular weight is 355 g/mol. The number of aryl methyl sites for hydroxylation is 1. The molecule has 0 aliphatic rings. The van der Waals surface area contributed by atoms with Crippen molar-refractivity contribution in [1.29, 1.82) is 0 Å². The topological polar surface area (TPSA) is 66.0 Å². The van der Waals surface area contributed by atoms with Gasteiger partial charge in [-0.05, 0) is 55.0 Å². The molecule has 1 aromatic heterocycles. The van der Waals surface area contributed by atoms with E-state index < -0.39 is 0 Å². The molecule has 0 spiro atoms. The van der Waals surface area contributed by atoms with Crippen molar-refractivity contribution in [2.45, 2.75) is 6.92 Å². The lowest BCUT2D eigenvalue weighted by atomic mass is 10.2. The Morgan fingerprint density at radius 1 is 1.00 bits per heavy atom. The molecule has 0 aliphatic carbocycles. The number of nitrogens with zero attached hydrogens (tertiary/aromatic N) is 4. The van der Waals surface area contributed by atoms with E-state index >= 15 is 0 Å². The lowest BCUT2D eigenvalue weighted by molar-refractivity contribution is 0.981. The zero-order valence-electron chi connectivity index (χ0n) is 14.3. The number of halogens is 1. The van der Waals surface area contributed by atoms with Crippen molar-refractivity contribution < 1.29 is 0 Å². The van der Waals surface area contributed by atoms with Gasteiger partial charge in [-0.25, -0.2) is 0 Å². The number of aromatic nitrogens is 3. The lowest BCUT2D eigenvalue weighted by Gasteiger charge is -2.13. The van der Waals surface area contributed by atoms with Gasteiger partial charge >= 0.3 is 0 Å². The first-order valence-corrected chi connectivity index (χ1v) is 8.16. The third-order valence-corrected chi connectivity index (χ3v) is 3.88. The van der Waals surface area contributed by atoms with Crippen LogP contribution in [-0.4, -0.2) is 29.3 Å². The van der Waals surface area contributed by atoms with E-state index in [0.717, 1.165) is 22.6 Å². The van der Waals surface area contributed by atoms with Crippen LogP contribution < -0.4 is 15.5 Å². The zero-order valence-corrected chi connectivity index (χ0v) is 15.0. The van der Waals surface area contributed by atoms with Crippen molar-refractivity contribution in [2.75, 3.05) is 29.6 Å². The largest absolute Gasteiger partial charge is 0.378 e. The quantitative estimate of drug-likeness (QED) is 0.708. The van der Waals surface area contributed by atoms with Gasteiger partial charge in [-0.15, -0.1) is 5.10 Å². The summed E-state index contributed by atoms with van der Waals surface area (Å²) in [5, 5.41) is 15.1. The summed E-state index contributed by atoms with van der Waals surface area (Å²) in [7, 11) is 4.01. The van der Waals surface area contributed by atoms with Crippen LogP contribution in [0, 0.1) is 6.92 Å². The fourth-order valence-electron chi connectivity index (χ4n) is 2.30. The fraction of sp³-hybridized carbons (Fsp3) is 0.167. The summed E-state index contributed by atoms with van der Waals surface area (Å²) in [6.45, 7) is 1.97. The van der Waals surface area contributed by atoms with Crippen molar-refractivity contribution in [3.05, 3.63) is 59.2 Å².